The molecule has 0 bridgehead atoms. The molecule has 0 unspecified atom stereocenters. The molecule has 0 aliphatic carbocycles. The van der Waals surface area contributed by atoms with Crippen molar-refractivity contribution in [3.8, 4) is 0 Å². The summed E-state index contributed by atoms with van der Waals surface area (Å²) in [5.41, 5.74) is 5.12. The average Bonchev–Trinajstić information content (AvgIpc) is 3.04. The molecular weight excluding hydrogens is 634 g/mol. The average molecular weight is 708 g/mol. The molecule has 0 aromatic heterocycles. The van der Waals surface area contributed by atoms with Crippen LogP contribution in [0.4, 0.5) is 0 Å². The lowest BCUT2D eigenvalue weighted by Gasteiger charge is -2.06. The predicted octanol–water partition coefficient (Wildman–Crippen LogP) is 5.85. The highest BCUT2D eigenvalue weighted by Crippen LogP contribution is 2.19. The number of esters is 1. The second-order valence-corrected chi connectivity index (χ2v) is 12.3. The van der Waals surface area contributed by atoms with Gasteiger partial charge >= 0.3 is 5.97 Å². The summed E-state index contributed by atoms with van der Waals surface area (Å²) in [7, 11) is 9.87. The maximum absolute atomic E-state index is 11.5. The van der Waals surface area contributed by atoms with E-state index in [0.29, 0.717) is 32.4 Å². The van der Waals surface area contributed by atoms with E-state index in [1.807, 2.05) is 13.2 Å². The number of nitrogens with two attached hydrogens (primary N) is 1. The topological polar surface area (TPSA) is 138 Å². The largest absolute Gasteiger partial charge is 0.469 e. The fourth-order valence-electron chi connectivity index (χ4n) is 2.56. The van der Waals surface area contributed by atoms with Crippen molar-refractivity contribution < 1.29 is 37.7 Å². The maximum Gasteiger partial charge on any atom is 0.305 e. The second kappa shape index (κ2) is 51.2. The van der Waals surface area contributed by atoms with Crippen molar-refractivity contribution in [1.29, 1.82) is 0 Å². The summed E-state index contributed by atoms with van der Waals surface area (Å²) in [5.74, 6) is 3.00. The highest BCUT2D eigenvalue weighted by Gasteiger charge is 2.02. The number of carbonyl (C=O) groups excluding carboxylic acids is 3. The molecule has 2 amide bonds. The third-order valence-corrected chi connectivity index (χ3v) is 7.98. The molecule has 0 heterocycles. The summed E-state index contributed by atoms with van der Waals surface area (Å²) < 4.78 is 28.7. The second-order valence-electron chi connectivity index (χ2n) is 8.64. The van der Waals surface area contributed by atoms with E-state index in [2.05, 4.69) is 27.0 Å². The van der Waals surface area contributed by atoms with Crippen LogP contribution >= 0.6 is 45.8 Å². The van der Waals surface area contributed by atoms with Crippen LogP contribution in [0, 0.1) is 0 Å². The van der Waals surface area contributed by atoms with Crippen molar-refractivity contribution in [2.45, 2.75) is 78.1 Å². The van der Waals surface area contributed by atoms with E-state index < -0.39 is 0 Å². The Morgan fingerprint density at radius 1 is 0.744 bits per heavy atom. The third kappa shape index (κ3) is 61.4. The van der Waals surface area contributed by atoms with Gasteiger partial charge in [-0.2, -0.15) is 11.8 Å². The zero-order valence-corrected chi connectivity index (χ0v) is 31.3. The molecule has 266 valence electrons. The Hall–Kier alpha value is -0.410. The van der Waals surface area contributed by atoms with Gasteiger partial charge in [-0.15, -0.1) is 12.4 Å². The van der Waals surface area contributed by atoms with Gasteiger partial charge in [0.05, 0.1) is 7.11 Å². The van der Waals surface area contributed by atoms with Gasteiger partial charge < -0.3 is 35.3 Å². The Kier molecular flexibility index (Phi) is 58.9. The molecule has 0 aromatic carbocycles. The third-order valence-electron chi connectivity index (χ3n) is 4.93. The molecule has 0 rings (SSSR count). The summed E-state index contributed by atoms with van der Waals surface area (Å²) in [6.07, 6.45) is 10.6. The quantitative estimate of drug-likeness (QED) is 0.0633. The first kappa shape index (κ1) is 49.5. The van der Waals surface area contributed by atoms with E-state index in [1.54, 1.807) is 54.7 Å². The highest BCUT2D eigenvalue weighted by molar-refractivity contribution is 8.76. The molecule has 0 saturated carbocycles. The molecule has 0 aliphatic heterocycles. The Bertz CT molecular complexity index is 571. The molecule has 0 radical (unpaired) electrons. The molecule has 0 fully saturated rings. The zero-order chi connectivity index (χ0) is 34.5. The summed E-state index contributed by atoms with van der Waals surface area (Å²) >= 11 is 1.78. The van der Waals surface area contributed by atoms with Crippen LogP contribution in [0.2, 0.25) is 0 Å². The monoisotopic (exact) mass is 706 g/mol. The van der Waals surface area contributed by atoms with Crippen molar-refractivity contribution in [3.63, 3.8) is 0 Å². The fraction of sp³-hybridized carbons (Fsp3) is 0.897. The number of nitrogens with one attached hydrogen (secondary N) is 2. The summed E-state index contributed by atoms with van der Waals surface area (Å²) in [4.78, 5) is 33.5. The van der Waals surface area contributed by atoms with Crippen LogP contribution in [0.25, 0.3) is 0 Å². The Balaban J connectivity index is -0.000000109. The molecule has 0 aromatic rings. The van der Waals surface area contributed by atoms with E-state index >= 15 is 0 Å². The number of methoxy groups -OCH3 is 4. The van der Waals surface area contributed by atoms with Crippen LogP contribution in [-0.4, -0.2) is 109 Å². The van der Waals surface area contributed by atoms with Gasteiger partial charge in [-0.05, 0) is 45.3 Å². The number of carbonyl (C=O) groups is 3. The molecule has 43 heavy (non-hydrogen) atoms. The molecule has 0 spiro atoms. The van der Waals surface area contributed by atoms with Crippen molar-refractivity contribution >= 4 is 63.5 Å². The first-order chi connectivity index (χ1) is 21.3. The van der Waals surface area contributed by atoms with E-state index in [9.17, 15) is 14.4 Å². The number of hydrogen-bond acceptors (Lipinski definition) is 11. The van der Waals surface area contributed by atoms with Crippen LogP contribution in [-0.2, 0) is 33.3 Å². The van der Waals surface area contributed by atoms with Crippen LogP contribution in [0.15, 0.2) is 0 Å². The predicted molar refractivity (Wildman–Crippen MR) is 195 cm³/mol. The van der Waals surface area contributed by atoms with Crippen LogP contribution in [0.5, 0.6) is 0 Å². The van der Waals surface area contributed by atoms with E-state index in [0.717, 1.165) is 88.6 Å². The van der Waals surface area contributed by atoms with E-state index in [-0.39, 0.29) is 31.6 Å². The minimum absolute atomic E-state index is 0. The van der Waals surface area contributed by atoms with Crippen LogP contribution in [0.3, 0.4) is 0 Å². The number of thioether (sulfide) groups is 1. The number of ether oxygens (including phenoxy) is 4. The van der Waals surface area contributed by atoms with Gasteiger partial charge in [0.15, 0.2) is 0 Å². The lowest BCUT2D eigenvalue weighted by atomic mass is 10.2. The Morgan fingerprint density at radius 2 is 1.19 bits per heavy atom. The Labute approximate surface area is 286 Å². The fourth-order valence-corrected chi connectivity index (χ4v) is 4.61. The number of amides is 2. The number of hydrogen-bond donors (Lipinski definition) is 3. The smallest absolute Gasteiger partial charge is 0.305 e. The van der Waals surface area contributed by atoms with Crippen LogP contribution in [0.1, 0.15) is 82.5 Å². The molecule has 0 atom stereocenters. The maximum atomic E-state index is 11.5. The summed E-state index contributed by atoms with van der Waals surface area (Å²) in [6, 6.07) is 0. The van der Waals surface area contributed by atoms with Gasteiger partial charge in [0.2, 0.25) is 11.8 Å². The molecule has 4 N–H and O–H groups in total. The molecule has 10 nitrogen and oxygen atoms in total. The van der Waals surface area contributed by atoms with Gasteiger partial charge in [0.25, 0.3) is 0 Å². The molecule has 0 saturated heterocycles. The summed E-state index contributed by atoms with van der Waals surface area (Å²) in [5, 5.41) is 5.84. The van der Waals surface area contributed by atoms with Crippen molar-refractivity contribution in [1.82, 2.24) is 10.6 Å². The van der Waals surface area contributed by atoms with Crippen LogP contribution < -0.4 is 16.4 Å². The van der Waals surface area contributed by atoms with Gasteiger partial charge in [-0.1, -0.05) is 41.4 Å². The number of unbranched alkanes of at least 4 members (excludes halogenated alkanes) is 4. The lowest BCUT2D eigenvalue weighted by molar-refractivity contribution is -0.140. The first-order valence-electron chi connectivity index (χ1n) is 15.8. The number of halogens is 1. The van der Waals surface area contributed by atoms with Gasteiger partial charge in [0.1, 0.15) is 0 Å². The van der Waals surface area contributed by atoms with Gasteiger partial charge in [-0.3, -0.25) is 14.4 Å². The highest BCUT2D eigenvalue weighted by atomic mass is 35.5. The standard InChI is InChI=1S/C16H32N2O3S2.C7H14O3.C3H9NS.C3H8O.ClH.2H2/c1-3-4-5-8-15(19)17-10-13-22-23-14-11-18-16(20)9-6-7-12-21-2;1-9-6-4-3-5-7(8)10-2;1-5-3-2-4;1-3-4-2;;;/h3-14H2,1-2H3,(H,17,19)(H,18,20);3-6H2,1-2H3;2-4H2,1H3;3H2,1-2H3;3*1H/i;;;;;1+2D;1+2. The minimum atomic E-state index is -0.142. The van der Waals surface area contributed by atoms with E-state index in [1.165, 1.54) is 7.11 Å². The van der Waals surface area contributed by atoms with Gasteiger partial charge in [-0.25, -0.2) is 0 Å². The van der Waals surface area contributed by atoms with Crippen molar-refractivity contribution in [3.05, 3.63) is 0 Å². The zero-order valence-electron chi connectivity index (χ0n) is 30.0. The van der Waals surface area contributed by atoms with Crippen molar-refractivity contribution in [2.75, 3.05) is 91.4 Å². The molecule has 14 heteroatoms. The SMILES string of the molecule is CCCCCC(=O)NCCSSCCNC(=O)CCCCOC.CCOC.COCCCCC(=O)OC.CSCCN.Cl.[2H][3H].[3HH]. The first-order valence-corrected chi connectivity index (χ1v) is 18.7. The molecular formula is C29H68ClN3O7S3. The minimum Gasteiger partial charge on any atom is -0.469 e. The lowest BCUT2D eigenvalue weighted by Crippen LogP contribution is -2.26. The molecule has 0 aliphatic rings. The van der Waals surface area contributed by atoms with Gasteiger partial charge in [0, 0.05) is 102 Å². The normalized spacial score (nSPS) is 9.67. The van der Waals surface area contributed by atoms with Crippen molar-refractivity contribution in [2.24, 2.45) is 5.73 Å². The number of rotatable bonds is 24. The van der Waals surface area contributed by atoms with E-state index in [4.69, 9.17) is 18.2 Å². The summed E-state index contributed by atoms with van der Waals surface area (Å²) in [6.45, 7) is 8.57. The Morgan fingerprint density at radius 3 is 1.51 bits per heavy atom.